The molecule has 0 aromatic heterocycles. The molecular weight excluding hydrogens is 264 g/mol. The minimum Gasteiger partial charge on any atom is -0.508 e. The monoisotopic (exact) mass is 282 g/mol. The third kappa shape index (κ3) is 2.57. The quantitative estimate of drug-likeness (QED) is 0.753. The largest absolute Gasteiger partial charge is 0.508 e. The summed E-state index contributed by atoms with van der Waals surface area (Å²) in [6.07, 6.45) is 1.70. The van der Waals surface area contributed by atoms with Crippen molar-refractivity contribution in [3.05, 3.63) is 59.7 Å². The van der Waals surface area contributed by atoms with Gasteiger partial charge in [0.25, 0.3) is 0 Å². The second-order valence-electron chi connectivity index (χ2n) is 5.52. The minimum atomic E-state index is -0.419. The lowest BCUT2D eigenvalue weighted by atomic mass is 9.94. The van der Waals surface area contributed by atoms with Crippen molar-refractivity contribution in [2.75, 3.05) is 5.73 Å². The number of hydrogen-bond acceptors (Lipinski definition) is 3. The zero-order valence-electron chi connectivity index (χ0n) is 11.7. The van der Waals surface area contributed by atoms with E-state index in [2.05, 4.69) is 5.32 Å². The van der Waals surface area contributed by atoms with Crippen LogP contribution in [-0.2, 0) is 16.8 Å². The van der Waals surface area contributed by atoms with Gasteiger partial charge >= 0.3 is 0 Å². The lowest BCUT2D eigenvalue weighted by molar-refractivity contribution is -0.123. The highest BCUT2D eigenvalue weighted by molar-refractivity contribution is 5.91. The van der Waals surface area contributed by atoms with Gasteiger partial charge in [-0.3, -0.25) is 4.79 Å². The number of rotatable bonds is 4. The van der Waals surface area contributed by atoms with Crippen molar-refractivity contribution in [3.63, 3.8) is 0 Å². The Hall–Kier alpha value is -2.49. The fourth-order valence-corrected chi connectivity index (χ4v) is 2.58. The summed E-state index contributed by atoms with van der Waals surface area (Å²) in [6.45, 7) is 0.336. The molecule has 0 atom stereocenters. The number of para-hydroxylation sites is 1. The van der Waals surface area contributed by atoms with Gasteiger partial charge in [-0.05, 0) is 36.6 Å². The topological polar surface area (TPSA) is 75.4 Å². The van der Waals surface area contributed by atoms with Crippen molar-refractivity contribution < 1.29 is 9.90 Å². The van der Waals surface area contributed by atoms with Crippen molar-refractivity contribution in [1.29, 1.82) is 0 Å². The number of amides is 1. The van der Waals surface area contributed by atoms with E-state index < -0.39 is 5.41 Å². The van der Waals surface area contributed by atoms with Gasteiger partial charge < -0.3 is 16.2 Å². The maximum absolute atomic E-state index is 12.5. The first-order valence-electron chi connectivity index (χ1n) is 7.03. The predicted molar refractivity (Wildman–Crippen MR) is 81.7 cm³/mol. The predicted octanol–water partition coefficient (Wildman–Crippen LogP) is 2.32. The Kier molecular flexibility index (Phi) is 3.29. The number of carbonyl (C=O) groups excluding carboxylic acids is 1. The number of hydrogen-bond donors (Lipinski definition) is 3. The number of aromatic hydroxyl groups is 1. The molecule has 0 radical (unpaired) electrons. The average molecular weight is 282 g/mol. The molecule has 0 saturated heterocycles. The zero-order chi connectivity index (χ0) is 14.9. The van der Waals surface area contributed by atoms with Crippen molar-refractivity contribution >= 4 is 11.6 Å². The lowest BCUT2D eigenvalue weighted by Gasteiger charge is -2.16. The van der Waals surface area contributed by atoms with E-state index in [0.717, 1.165) is 24.0 Å². The number of carbonyl (C=O) groups is 1. The second-order valence-corrected chi connectivity index (χ2v) is 5.52. The zero-order valence-corrected chi connectivity index (χ0v) is 11.7. The Morgan fingerprint density at radius 3 is 2.43 bits per heavy atom. The van der Waals surface area contributed by atoms with E-state index in [4.69, 9.17) is 5.73 Å². The summed E-state index contributed by atoms with van der Waals surface area (Å²) in [5.74, 6) is 0.214. The molecule has 108 valence electrons. The van der Waals surface area contributed by atoms with Crippen LogP contribution in [0, 0.1) is 0 Å². The van der Waals surface area contributed by atoms with E-state index in [0.29, 0.717) is 12.2 Å². The normalized spacial score (nSPS) is 15.4. The van der Waals surface area contributed by atoms with Gasteiger partial charge in [-0.1, -0.05) is 30.3 Å². The number of phenols is 1. The molecule has 4 heteroatoms. The van der Waals surface area contributed by atoms with Crippen molar-refractivity contribution in [3.8, 4) is 5.75 Å². The van der Waals surface area contributed by atoms with Crippen LogP contribution in [0.4, 0.5) is 5.69 Å². The molecule has 0 unspecified atom stereocenters. The number of nitrogens with one attached hydrogen (secondary N) is 1. The molecule has 3 rings (SSSR count). The first kappa shape index (κ1) is 13.5. The van der Waals surface area contributed by atoms with E-state index in [-0.39, 0.29) is 11.7 Å². The van der Waals surface area contributed by atoms with Crippen LogP contribution < -0.4 is 11.1 Å². The molecule has 0 bridgehead atoms. The molecule has 1 amide bonds. The Balaban J connectivity index is 1.71. The molecule has 1 saturated carbocycles. The van der Waals surface area contributed by atoms with Crippen LogP contribution in [0.2, 0.25) is 0 Å². The maximum Gasteiger partial charge on any atom is 0.230 e. The van der Waals surface area contributed by atoms with Crippen LogP contribution in [0.5, 0.6) is 5.75 Å². The molecule has 1 fully saturated rings. The minimum absolute atomic E-state index is 0.00974. The van der Waals surface area contributed by atoms with E-state index >= 15 is 0 Å². The Morgan fingerprint density at radius 1 is 1.14 bits per heavy atom. The Morgan fingerprint density at radius 2 is 1.81 bits per heavy atom. The van der Waals surface area contributed by atoms with Gasteiger partial charge in [0.1, 0.15) is 5.75 Å². The average Bonchev–Trinajstić information content (AvgIpc) is 3.28. The van der Waals surface area contributed by atoms with Crippen molar-refractivity contribution in [1.82, 2.24) is 5.32 Å². The lowest BCUT2D eigenvalue weighted by Crippen LogP contribution is -2.34. The van der Waals surface area contributed by atoms with Crippen molar-refractivity contribution in [2.24, 2.45) is 0 Å². The highest BCUT2D eigenvalue weighted by atomic mass is 16.3. The van der Waals surface area contributed by atoms with Gasteiger partial charge in [0, 0.05) is 17.8 Å². The summed E-state index contributed by atoms with van der Waals surface area (Å²) < 4.78 is 0. The first-order valence-corrected chi connectivity index (χ1v) is 7.03. The molecule has 0 aliphatic heterocycles. The number of nitrogen functional groups attached to an aromatic ring is 1. The second kappa shape index (κ2) is 5.13. The van der Waals surface area contributed by atoms with Crippen LogP contribution in [0.3, 0.4) is 0 Å². The molecule has 1 aliphatic rings. The van der Waals surface area contributed by atoms with Crippen LogP contribution in [0.25, 0.3) is 0 Å². The fraction of sp³-hybridized carbons (Fsp3) is 0.235. The number of nitrogens with two attached hydrogens (primary N) is 1. The smallest absolute Gasteiger partial charge is 0.230 e. The Bertz CT molecular complexity index is 661. The summed E-state index contributed by atoms with van der Waals surface area (Å²) in [7, 11) is 0. The number of anilines is 1. The van der Waals surface area contributed by atoms with E-state index in [9.17, 15) is 9.90 Å². The maximum atomic E-state index is 12.5. The Labute approximate surface area is 123 Å². The van der Waals surface area contributed by atoms with Crippen LogP contribution in [-0.4, -0.2) is 11.0 Å². The van der Waals surface area contributed by atoms with Gasteiger partial charge in [-0.25, -0.2) is 0 Å². The standard InChI is InChI=1S/C17H18N2O2/c18-14-7-5-13(6-8-14)17(9-10-17)16(21)19-11-12-3-1-2-4-15(12)20/h1-8,20H,9-11,18H2,(H,19,21). The number of benzene rings is 2. The molecule has 4 N–H and O–H groups in total. The summed E-state index contributed by atoms with van der Waals surface area (Å²) in [4.78, 5) is 12.5. The molecule has 2 aromatic rings. The van der Waals surface area contributed by atoms with Crippen LogP contribution >= 0.6 is 0 Å². The molecule has 4 nitrogen and oxygen atoms in total. The number of phenolic OH excluding ortho intramolecular Hbond substituents is 1. The van der Waals surface area contributed by atoms with E-state index in [1.54, 1.807) is 18.2 Å². The highest BCUT2D eigenvalue weighted by Gasteiger charge is 2.51. The highest BCUT2D eigenvalue weighted by Crippen LogP contribution is 2.48. The summed E-state index contributed by atoms with van der Waals surface area (Å²) in [5, 5.41) is 12.6. The van der Waals surface area contributed by atoms with Gasteiger partial charge in [0.05, 0.1) is 5.41 Å². The first-order chi connectivity index (χ1) is 10.1. The van der Waals surface area contributed by atoms with Crippen LogP contribution in [0.1, 0.15) is 24.0 Å². The van der Waals surface area contributed by atoms with Gasteiger partial charge in [0.15, 0.2) is 0 Å². The third-order valence-electron chi connectivity index (χ3n) is 4.08. The fourth-order valence-electron chi connectivity index (χ4n) is 2.58. The molecule has 2 aromatic carbocycles. The molecule has 0 heterocycles. The van der Waals surface area contributed by atoms with Gasteiger partial charge in [-0.2, -0.15) is 0 Å². The van der Waals surface area contributed by atoms with Gasteiger partial charge in [0.2, 0.25) is 5.91 Å². The van der Waals surface area contributed by atoms with Crippen molar-refractivity contribution in [2.45, 2.75) is 24.8 Å². The molecule has 1 aliphatic carbocycles. The van der Waals surface area contributed by atoms with Crippen LogP contribution in [0.15, 0.2) is 48.5 Å². The van der Waals surface area contributed by atoms with Gasteiger partial charge in [-0.15, -0.1) is 0 Å². The SMILES string of the molecule is Nc1ccc(C2(C(=O)NCc3ccccc3O)CC2)cc1. The van der Waals surface area contributed by atoms with E-state index in [1.165, 1.54) is 0 Å². The summed E-state index contributed by atoms with van der Waals surface area (Å²) in [6, 6.07) is 14.5. The third-order valence-corrected chi connectivity index (χ3v) is 4.08. The molecular formula is C17H18N2O2. The van der Waals surface area contributed by atoms with E-state index in [1.807, 2.05) is 30.3 Å². The summed E-state index contributed by atoms with van der Waals surface area (Å²) in [5.41, 5.74) is 7.70. The molecule has 0 spiro atoms. The summed E-state index contributed by atoms with van der Waals surface area (Å²) >= 11 is 0. The molecule has 21 heavy (non-hydrogen) atoms.